The van der Waals surface area contributed by atoms with Crippen LogP contribution in [0.1, 0.15) is 28.5 Å². The first-order valence-corrected chi connectivity index (χ1v) is 8.89. The fourth-order valence-corrected chi connectivity index (χ4v) is 3.80. The van der Waals surface area contributed by atoms with Crippen molar-refractivity contribution >= 4 is 16.8 Å². The Kier molecular flexibility index (Phi) is 4.02. The molecule has 0 saturated heterocycles. The van der Waals surface area contributed by atoms with E-state index in [2.05, 4.69) is 0 Å². The zero-order valence-corrected chi connectivity index (χ0v) is 15.2. The molecule has 0 atom stereocenters. The molecule has 1 amide bonds. The molecule has 2 aromatic heterocycles. The van der Waals surface area contributed by atoms with Crippen molar-refractivity contribution in [2.24, 2.45) is 7.05 Å². The average molecular weight is 369 g/mol. The minimum Gasteiger partial charge on any atom is -0.505 e. The van der Waals surface area contributed by atoms with E-state index in [1.54, 1.807) is 34.8 Å². The predicted octanol–water partition coefficient (Wildman–Crippen LogP) is 2.40. The number of aryl methyl sites for hydroxylation is 2. The Balaban J connectivity index is 1.82. The first kappa shape index (κ1) is 17.3. The van der Waals surface area contributed by atoms with Gasteiger partial charge in [0.05, 0.1) is 5.52 Å². The number of carbonyl (C=O) groups is 1. The van der Waals surface area contributed by atoms with Gasteiger partial charge in [-0.3, -0.25) is 9.59 Å². The summed E-state index contributed by atoms with van der Waals surface area (Å²) in [6.45, 7) is 3.23. The molecule has 1 aliphatic heterocycles. The molecule has 0 unspecified atom stereocenters. The molecule has 1 aromatic carbocycles. The van der Waals surface area contributed by atoms with Crippen molar-refractivity contribution in [2.45, 2.75) is 26.4 Å². The Morgan fingerprint density at radius 3 is 2.52 bits per heavy atom. The van der Waals surface area contributed by atoms with Gasteiger partial charge in [0.1, 0.15) is 11.2 Å². The highest BCUT2D eigenvalue weighted by Gasteiger charge is 2.33. The first-order chi connectivity index (χ1) is 12.9. The number of benzene rings is 1. The molecule has 0 saturated carbocycles. The van der Waals surface area contributed by atoms with Crippen LogP contribution in [0.2, 0.25) is 0 Å². The van der Waals surface area contributed by atoms with E-state index in [1.807, 2.05) is 6.92 Å². The van der Waals surface area contributed by atoms with Crippen LogP contribution in [0.3, 0.4) is 0 Å². The van der Waals surface area contributed by atoms with Crippen LogP contribution in [-0.2, 0) is 26.6 Å². The third kappa shape index (κ3) is 2.61. The Morgan fingerprint density at radius 2 is 1.85 bits per heavy atom. The lowest BCUT2D eigenvalue weighted by Gasteiger charge is -2.29. The summed E-state index contributed by atoms with van der Waals surface area (Å²) >= 11 is 0. The summed E-state index contributed by atoms with van der Waals surface area (Å²) < 4.78 is 16.3. The number of halogens is 1. The van der Waals surface area contributed by atoms with E-state index in [0.29, 0.717) is 31.6 Å². The predicted molar refractivity (Wildman–Crippen MR) is 99.4 cm³/mol. The Labute approximate surface area is 155 Å². The van der Waals surface area contributed by atoms with E-state index in [9.17, 15) is 19.1 Å². The van der Waals surface area contributed by atoms with Gasteiger partial charge in [-0.25, -0.2) is 4.39 Å². The molecule has 0 radical (unpaired) electrons. The van der Waals surface area contributed by atoms with E-state index in [0.717, 1.165) is 11.1 Å². The lowest BCUT2D eigenvalue weighted by molar-refractivity contribution is 0.0689. The molecule has 0 spiro atoms. The summed E-state index contributed by atoms with van der Waals surface area (Å²) in [5, 5.41) is 10.9. The van der Waals surface area contributed by atoms with Gasteiger partial charge in [0.2, 0.25) is 0 Å². The van der Waals surface area contributed by atoms with Gasteiger partial charge in [0.15, 0.2) is 11.4 Å². The standard InChI is InChI=1S/C20H20FN3O3/c1-3-13-11-22(2)19(26)15-16(13)24-9-8-23(20(27)17(24)18(15)25)10-12-4-6-14(21)7-5-12/h4-7,11,25H,3,8-10H2,1-2H3. The molecule has 3 aromatic rings. The second-order valence-corrected chi connectivity index (χ2v) is 6.85. The van der Waals surface area contributed by atoms with Crippen molar-refractivity contribution in [3.8, 4) is 5.75 Å². The highest BCUT2D eigenvalue weighted by atomic mass is 19.1. The highest BCUT2D eigenvalue weighted by Crippen LogP contribution is 2.35. The number of aromatic hydroxyl groups is 1. The molecule has 0 fully saturated rings. The maximum atomic E-state index is 13.1. The SMILES string of the molecule is CCc1cn(C)c(=O)c2c(O)c3n(c12)CCN(Cc1ccc(F)cc1)C3=O. The fourth-order valence-electron chi connectivity index (χ4n) is 3.80. The zero-order valence-electron chi connectivity index (χ0n) is 15.2. The minimum absolute atomic E-state index is 0.149. The Hall–Kier alpha value is -3.09. The molecule has 1 N–H and O–H groups in total. The summed E-state index contributed by atoms with van der Waals surface area (Å²) in [6, 6.07) is 5.99. The zero-order chi connectivity index (χ0) is 19.3. The monoisotopic (exact) mass is 369 g/mol. The topological polar surface area (TPSA) is 67.5 Å². The number of fused-ring (bicyclic) bond motifs is 3. The number of nitrogens with zero attached hydrogens (tertiary/aromatic N) is 3. The molecule has 4 rings (SSSR count). The van der Waals surface area contributed by atoms with Crippen molar-refractivity contribution in [1.29, 1.82) is 0 Å². The van der Waals surface area contributed by atoms with Crippen LogP contribution in [0.4, 0.5) is 4.39 Å². The summed E-state index contributed by atoms with van der Waals surface area (Å²) in [5.74, 6) is -0.914. The molecule has 7 heteroatoms. The van der Waals surface area contributed by atoms with Crippen LogP contribution in [0.5, 0.6) is 5.75 Å². The lowest BCUT2D eigenvalue weighted by atomic mass is 10.1. The molecule has 0 bridgehead atoms. The molecular weight excluding hydrogens is 349 g/mol. The molecule has 3 heterocycles. The Bertz CT molecular complexity index is 1110. The van der Waals surface area contributed by atoms with Crippen LogP contribution < -0.4 is 5.56 Å². The van der Waals surface area contributed by atoms with Crippen molar-refractivity contribution in [3.63, 3.8) is 0 Å². The second-order valence-electron chi connectivity index (χ2n) is 6.85. The number of pyridine rings is 1. The van der Waals surface area contributed by atoms with E-state index >= 15 is 0 Å². The number of carbonyl (C=O) groups excluding carboxylic acids is 1. The second kappa shape index (κ2) is 6.26. The number of hydrogen-bond acceptors (Lipinski definition) is 3. The maximum absolute atomic E-state index is 13.1. The minimum atomic E-state index is -0.330. The number of rotatable bonds is 3. The molecule has 140 valence electrons. The molecule has 6 nitrogen and oxygen atoms in total. The first-order valence-electron chi connectivity index (χ1n) is 8.89. The quantitative estimate of drug-likeness (QED) is 0.771. The molecule has 0 aliphatic carbocycles. The third-order valence-electron chi connectivity index (χ3n) is 5.18. The summed E-state index contributed by atoms with van der Waals surface area (Å²) in [5.41, 5.74) is 2.19. The number of aromatic nitrogens is 2. The van der Waals surface area contributed by atoms with Gasteiger partial charge in [-0.05, 0) is 29.7 Å². The molecule has 1 aliphatic rings. The van der Waals surface area contributed by atoms with E-state index in [1.165, 1.54) is 16.7 Å². The summed E-state index contributed by atoms with van der Waals surface area (Å²) in [7, 11) is 1.64. The van der Waals surface area contributed by atoms with Crippen LogP contribution in [-0.4, -0.2) is 31.6 Å². The van der Waals surface area contributed by atoms with E-state index < -0.39 is 0 Å². The van der Waals surface area contributed by atoms with Gasteiger partial charge in [-0.1, -0.05) is 19.1 Å². The van der Waals surface area contributed by atoms with E-state index in [-0.39, 0.29) is 34.1 Å². The van der Waals surface area contributed by atoms with Gasteiger partial charge in [-0.2, -0.15) is 0 Å². The van der Waals surface area contributed by atoms with Crippen molar-refractivity contribution in [1.82, 2.24) is 14.0 Å². The highest BCUT2D eigenvalue weighted by molar-refractivity contribution is 6.05. The number of amides is 1. The largest absolute Gasteiger partial charge is 0.505 e. The summed E-state index contributed by atoms with van der Waals surface area (Å²) in [6.07, 6.45) is 2.44. The van der Waals surface area contributed by atoms with Crippen molar-refractivity contribution in [2.75, 3.05) is 6.54 Å². The van der Waals surface area contributed by atoms with Crippen LogP contribution >= 0.6 is 0 Å². The van der Waals surface area contributed by atoms with Crippen LogP contribution in [0.25, 0.3) is 10.9 Å². The van der Waals surface area contributed by atoms with Crippen molar-refractivity contribution in [3.05, 3.63) is 63.5 Å². The lowest BCUT2D eigenvalue weighted by Crippen LogP contribution is -2.39. The fraction of sp³-hybridized carbons (Fsp3) is 0.300. The maximum Gasteiger partial charge on any atom is 0.274 e. The number of hydrogen-bond donors (Lipinski definition) is 1. The normalized spacial score (nSPS) is 14.0. The van der Waals surface area contributed by atoms with Gasteiger partial charge in [0, 0.05) is 32.9 Å². The van der Waals surface area contributed by atoms with Crippen LogP contribution in [0.15, 0.2) is 35.3 Å². The third-order valence-corrected chi connectivity index (χ3v) is 5.18. The smallest absolute Gasteiger partial charge is 0.274 e. The van der Waals surface area contributed by atoms with Crippen molar-refractivity contribution < 1.29 is 14.3 Å². The summed E-state index contributed by atoms with van der Waals surface area (Å²) in [4.78, 5) is 27.2. The van der Waals surface area contributed by atoms with Gasteiger partial charge < -0.3 is 19.1 Å². The van der Waals surface area contributed by atoms with Gasteiger partial charge in [0.25, 0.3) is 11.5 Å². The Morgan fingerprint density at radius 1 is 1.15 bits per heavy atom. The van der Waals surface area contributed by atoms with Gasteiger partial charge in [-0.15, -0.1) is 0 Å². The average Bonchev–Trinajstić information content (AvgIpc) is 2.96. The molecular formula is C20H20FN3O3. The molecule has 27 heavy (non-hydrogen) atoms. The van der Waals surface area contributed by atoms with Gasteiger partial charge >= 0.3 is 0 Å². The van der Waals surface area contributed by atoms with Crippen LogP contribution in [0, 0.1) is 5.82 Å². The van der Waals surface area contributed by atoms with E-state index in [4.69, 9.17) is 0 Å².